The average molecular weight is 397 g/mol. The molecule has 4 rings (SSSR count). The molecule has 0 aliphatic carbocycles. The fourth-order valence-corrected chi connectivity index (χ4v) is 4.62. The van der Waals surface area contributed by atoms with E-state index < -0.39 is 0 Å². The van der Waals surface area contributed by atoms with E-state index >= 15 is 0 Å². The molecular weight excluding hydrogens is 372 g/mol. The van der Waals surface area contributed by atoms with Gasteiger partial charge < -0.3 is 9.80 Å². The smallest absolute Gasteiger partial charge is 0.242 e. The Bertz CT molecular complexity index is 845. The number of hydrogen-bond acceptors (Lipinski definition) is 5. The van der Waals surface area contributed by atoms with Crippen LogP contribution in [0.4, 0.5) is 5.69 Å². The summed E-state index contributed by atoms with van der Waals surface area (Å²) >= 11 is 1.54. The summed E-state index contributed by atoms with van der Waals surface area (Å²) in [6.07, 6.45) is 4.57. The largest absolute Gasteiger partial charge is 0.340 e. The number of carbonyl (C=O) groups is 2. The number of thioether (sulfide) groups is 1. The number of anilines is 1. The van der Waals surface area contributed by atoms with Gasteiger partial charge in [-0.2, -0.15) is 0 Å². The summed E-state index contributed by atoms with van der Waals surface area (Å²) in [6, 6.07) is 11.9. The quantitative estimate of drug-likeness (QED) is 0.794. The van der Waals surface area contributed by atoms with E-state index in [9.17, 15) is 9.59 Å². The maximum Gasteiger partial charge on any atom is 0.242 e. The van der Waals surface area contributed by atoms with Gasteiger partial charge in [-0.05, 0) is 36.2 Å². The van der Waals surface area contributed by atoms with Gasteiger partial charge in [-0.1, -0.05) is 12.1 Å². The number of aromatic nitrogens is 1. The highest BCUT2D eigenvalue weighted by Crippen LogP contribution is 2.34. The third-order valence-corrected chi connectivity index (χ3v) is 6.25. The summed E-state index contributed by atoms with van der Waals surface area (Å²) in [5.74, 6) is 0.427. The molecule has 7 heteroatoms. The number of para-hydroxylation sites is 1. The first-order chi connectivity index (χ1) is 13.7. The molecule has 2 aromatic rings. The minimum absolute atomic E-state index is 0.00573. The van der Waals surface area contributed by atoms with Gasteiger partial charge in [-0.3, -0.25) is 19.5 Å². The molecule has 1 fully saturated rings. The van der Waals surface area contributed by atoms with E-state index in [4.69, 9.17) is 0 Å². The fraction of sp³-hybridized carbons (Fsp3) is 0.381. The van der Waals surface area contributed by atoms with Gasteiger partial charge in [0.15, 0.2) is 0 Å². The monoisotopic (exact) mass is 396 g/mol. The standard InChI is InChI=1S/C21H24N4O2S/c26-20(15-25-18-4-1-2-5-19(18)28-16-21(25)27)24-11-3-10-23(12-13-24)14-17-6-8-22-9-7-17/h1-2,4-9H,3,10-16H2. The zero-order valence-corrected chi connectivity index (χ0v) is 16.6. The molecule has 0 spiro atoms. The molecule has 0 saturated carbocycles. The van der Waals surface area contributed by atoms with Crippen LogP contribution >= 0.6 is 11.8 Å². The Morgan fingerprint density at radius 1 is 1.04 bits per heavy atom. The Balaban J connectivity index is 1.37. The summed E-state index contributed by atoms with van der Waals surface area (Å²) in [5.41, 5.74) is 2.09. The van der Waals surface area contributed by atoms with Crippen molar-refractivity contribution in [3.05, 3.63) is 54.4 Å². The molecule has 146 valence electrons. The third-order valence-electron chi connectivity index (χ3n) is 5.20. The van der Waals surface area contributed by atoms with Crippen molar-refractivity contribution in [2.75, 3.05) is 43.4 Å². The van der Waals surface area contributed by atoms with Crippen LogP contribution in [-0.2, 0) is 16.1 Å². The van der Waals surface area contributed by atoms with Crippen LogP contribution in [0.25, 0.3) is 0 Å². The van der Waals surface area contributed by atoms with E-state index in [0.29, 0.717) is 12.3 Å². The number of carbonyl (C=O) groups excluding carboxylic acids is 2. The van der Waals surface area contributed by atoms with Gasteiger partial charge in [-0.15, -0.1) is 11.8 Å². The van der Waals surface area contributed by atoms with Crippen LogP contribution < -0.4 is 4.90 Å². The van der Waals surface area contributed by atoms with E-state index in [1.165, 1.54) is 5.56 Å². The van der Waals surface area contributed by atoms with Crippen LogP contribution in [0.1, 0.15) is 12.0 Å². The molecule has 0 bridgehead atoms. The van der Waals surface area contributed by atoms with Crippen molar-refractivity contribution in [2.24, 2.45) is 0 Å². The van der Waals surface area contributed by atoms with E-state index in [1.807, 2.05) is 53.7 Å². The molecule has 2 aliphatic heterocycles. The summed E-state index contributed by atoms with van der Waals surface area (Å²) in [5, 5.41) is 0. The second-order valence-corrected chi connectivity index (χ2v) is 8.12. The third kappa shape index (κ3) is 4.36. The van der Waals surface area contributed by atoms with Crippen molar-refractivity contribution in [3.8, 4) is 0 Å². The van der Waals surface area contributed by atoms with Crippen molar-refractivity contribution < 1.29 is 9.59 Å². The molecule has 0 atom stereocenters. The van der Waals surface area contributed by atoms with Gasteiger partial charge in [0, 0.05) is 50.0 Å². The molecule has 0 radical (unpaired) electrons. The van der Waals surface area contributed by atoms with Crippen LogP contribution in [-0.4, -0.2) is 65.1 Å². The van der Waals surface area contributed by atoms with Crippen molar-refractivity contribution in [1.29, 1.82) is 0 Å². The van der Waals surface area contributed by atoms with E-state index in [2.05, 4.69) is 9.88 Å². The summed E-state index contributed by atoms with van der Waals surface area (Å²) < 4.78 is 0. The normalized spacial score (nSPS) is 17.9. The predicted octanol–water partition coefficient (Wildman–Crippen LogP) is 2.25. The number of nitrogens with zero attached hydrogens (tertiary/aromatic N) is 4. The maximum atomic E-state index is 12.9. The lowest BCUT2D eigenvalue weighted by Crippen LogP contribution is -2.46. The maximum absolute atomic E-state index is 12.9. The predicted molar refractivity (Wildman–Crippen MR) is 110 cm³/mol. The van der Waals surface area contributed by atoms with E-state index in [1.54, 1.807) is 16.7 Å². The summed E-state index contributed by atoms with van der Waals surface area (Å²) in [4.78, 5) is 36.4. The van der Waals surface area contributed by atoms with Crippen LogP contribution in [0.2, 0.25) is 0 Å². The molecular formula is C21H24N4O2S. The topological polar surface area (TPSA) is 56.8 Å². The number of amides is 2. The SMILES string of the molecule is O=C(CN1C(=O)CSc2ccccc21)N1CCCN(Cc2ccncc2)CC1. The Morgan fingerprint density at radius 2 is 1.86 bits per heavy atom. The molecule has 3 heterocycles. The molecule has 2 amide bonds. The minimum atomic E-state index is 0.00573. The molecule has 0 unspecified atom stereocenters. The van der Waals surface area contributed by atoms with Gasteiger partial charge in [0.1, 0.15) is 6.54 Å². The zero-order chi connectivity index (χ0) is 19.3. The number of hydrogen-bond donors (Lipinski definition) is 0. The summed E-state index contributed by atoms with van der Waals surface area (Å²) in [6.45, 7) is 4.25. The summed E-state index contributed by atoms with van der Waals surface area (Å²) in [7, 11) is 0. The number of fused-ring (bicyclic) bond motifs is 1. The lowest BCUT2D eigenvalue weighted by molar-refractivity contribution is -0.131. The van der Waals surface area contributed by atoms with Crippen molar-refractivity contribution >= 4 is 29.3 Å². The van der Waals surface area contributed by atoms with Crippen LogP contribution in [0, 0.1) is 0 Å². The molecule has 2 aliphatic rings. The van der Waals surface area contributed by atoms with Gasteiger partial charge in [0.2, 0.25) is 11.8 Å². The van der Waals surface area contributed by atoms with Crippen molar-refractivity contribution in [1.82, 2.24) is 14.8 Å². The van der Waals surface area contributed by atoms with Gasteiger partial charge >= 0.3 is 0 Å². The van der Waals surface area contributed by atoms with Crippen molar-refractivity contribution in [3.63, 3.8) is 0 Å². The molecule has 1 aromatic heterocycles. The van der Waals surface area contributed by atoms with Crippen LogP contribution in [0.15, 0.2) is 53.7 Å². The van der Waals surface area contributed by atoms with Crippen LogP contribution in [0.3, 0.4) is 0 Å². The number of benzene rings is 1. The molecule has 1 saturated heterocycles. The average Bonchev–Trinajstić information content (AvgIpc) is 2.96. The highest BCUT2D eigenvalue weighted by atomic mass is 32.2. The Kier molecular flexibility index (Phi) is 5.92. The number of rotatable bonds is 4. The van der Waals surface area contributed by atoms with E-state index in [0.717, 1.165) is 43.2 Å². The minimum Gasteiger partial charge on any atom is -0.340 e. The lowest BCUT2D eigenvalue weighted by Gasteiger charge is -2.30. The highest BCUT2D eigenvalue weighted by Gasteiger charge is 2.28. The Labute approximate surface area is 169 Å². The number of pyridine rings is 1. The molecule has 6 nitrogen and oxygen atoms in total. The van der Waals surface area contributed by atoms with Gasteiger partial charge in [0.05, 0.1) is 11.4 Å². The fourth-order valence-electron chi connectivity index (χ4n) is 3.69. The second-order valence-electron chi connectivity index (χ2n) is 7.10. The highest BCUT2D eigenvalue weighted by molar-refractivity contribution is 8.00. The van der Waals surface area contributed by atoms with Crippen molar-refractivity contribution in [2.45, 2.75) is 17.9 Å². The molecule has 28 heavy (non-hydrogen) atoms. The van der Waals surface area contributed by atoms with Crippen LogP contribution in [0.5, 0.6) is 0 Å². The Morgan fingerprint density at radius 3 is 2.71 bits per heavy atom. The first-order valence-corrected chi connectivity index (χ1v) is 10.6. The van der Waals surface area contributed by atoms with Gasteiger partial charge in [-0.25, -0.2) is 0 Å². The Hall–Kier alpha value is -2.38. The first kappa shape index (κ1) is 19.0. The lowest BCUT2D eigenvalue weighted by atomic mass is 10.2. The first-order valence-electron chi connectivity index (χ1n) is 9.62. The second kappa shape index (κ2) is 8.75. The molecule has 0 N–H and O–H groups in total. The molecule has 1 aromatic carbocycles. The zero-order valence-electron chi connectivity index (χ0n) is 15.8. The van der Waals surface area contributed by atoms with Gasteiger partial charge in [0.25, 0.3) is 0 Å². The van der Waals surface area contributed by atoms with E-state index in [-0.39, 0.29) is 18.4 Å².